The fourth-order valence-electron chi connectivity index (χ4n) is 4.99. The summed E-state index contributed by atoms with van der Waals surface area (Å²) in [5.41, 5.74) is -0.717. The molecule has 1 saturated carbocycles. The predicted molar refractivity (Wildman–Crippen MR) is 128 cm³/mol. The Morgan fingerprint density at radius 3 is 2.51 bits per heavy atom. The summed E-state index contributed by atoms with van der Waals surface area (Å²) in [5.74, 6) is -1.17. The van der Waals surface area contributed by atoms with Crippen molar-refractivity contribution in [2.75, 3.05) is 0 Å². The fraction of sp³-hybridized carbons (Fsp3) is 0.696. The molecule has 1 aromatic heterocycles. The van der Waals surface area contributed by atoms with Gasteiger partial charge in [-0.2, -0.15) is 0 Å². The Bertz CT molecular complexity index is 982. The maximum atomic E-state index is 14.0. The number of amides is 3. The molecule has 12 heteroatoms. The molecule has 0 aromatic carbocycles. The van der Waals surface area contributed by atoms with Crippen molar-refractivity contribution in [2.24, 2.45) is 16.7 Å². The molecule has 1 saturated heterocycles. The maximum absolute atomic E-state index is 14.0. The third kappa shape index (κ3) is 5.90. The summed E-state index contributed by atoms with van der Waals surface area (Å²) in [6, 6.07) is -1.83. The first kappa shape index (κ1) is 27.2. The first-order chi connectivity index (χ1) is 16.3. The molecule has 11 nitrogen and oxygen atoms in total. The summed E-state index contributed by atoms with van der Waals surface area (Å²) in [7, 11) is -3.25. The van der Waals surface area contributed by atoms with Gasteiger partial charge in [-0.25, -0.2) is 4.98 Å². The number of nitrogens with zero attached hydrogens (tertiary/aromatic N) is 3. The zero-order chi connectivity index (χ0) is 26.1. The summed E-state index contributed by atoms with van der Waals surface area (Å²) >= 11 is 0. The molecule has 3 rings (SSSR count). The SMILES string of the molecule is CCC[C@H](NC(=O)C1C[C@H]2[C@@H](N1C(=O)[C@@H](NC(=O)c1cnccn1)C(C)(C)C)C2(C)C)O[PH](=O)O. The number of fused-ring (bicyclic) bond motifs is 1. The number of piperidine rings is 1. The second-order valence-corrected chi connectivity index (χ2v) is 11.7. The lowest BCUT2D eigenvalue weighted by molar-refractivity contribution is -0.145. The highest BCUT2D eigenvalue weighted by Crippen LogP contribution is 2.62. The molecule has 2 heterocycles. The Morgan fingerprint density at radius 1 is 1.29 bits per heavy atom. The van der Waals surface area contributed by atoms with Crippen LogP contribution in [0.3, 0.4) is 0 Å². The van der Waals surface area contributed by atoms with Crippen molar-refractivity contribution in [1.29, 1.82) is 0 Å². The Kier molecular flexibility index (Phi) is 8.03. The fourth-order valence-corrected chi connectivity index (χ4v) is 5.41. The van der Waals surface area contributed by atoms with Gasteiger partial charge in [-0.15, -0.1) is 0 Å². The van der Waals surface area contributed by atoms with Crippen molar-refractivity contribution >= 4 is 26.0 Å². The van der Waals surface area contributed by atoms with Crippen molar-refractivity contribution in [2.45, 2.75) is 85.2 Å². The average molecular weight is 510 g/mol. The lowest BCUT2D eigenvalue weighted by atomic mass is 9.85. The van der Waals surface area contributed by atoms with Crippen LogP contribution in [0.2, 0.25) is 0 Å². The summed E-state index contributed by atoms with van der Waals surface area (Å²) in [5, 5.41) is 5.50. The molecule has 35 heavy (non-hydrogen) atoms. The van der Waals surface area contributed by atoms with E-state index in [0.717, 1.165) is 0 Å². The molecule has 0 bridgehead atoms. The van der Waals surface area contributed by atoms with Crippen molar-refractivity contribution in [3.05, 3.63) is 24.3 Å². The number of hydrogen-bond donors (Lipinski definition) is 3. The van der Waals surface area contributed by atoms with Gasteiger partial charge in [-0.1, -0.05) is 48.0 Å². The summed E-state index contributed by atoms with van der Waals surface area (Å²) in [4.78, 5) is 58.8. The summed E-state index contributed by atoms with van der Waals surface area (Å²) < 4.78 is 16.2. The number of aromatic nitrogens is 2. The number of nitrogens with one attached hydrogen (secondary N) is 2. The van der Waals surface area contributed by atoms with Crippen LogP contribution in [0.1, 0.15) is 71.3 Å². The van der Waals surface area contributed by atoms with Crippen LogP contribution in [0.25, 0.3) is 0 Å². The zero-order valence-corrected chi connectivity index (χ0v) is 22.1. The van der Waals surface area contributed by atoms with Crippen LogP contribution >= 0.6 is 8.25 Å². The van der Waals surface area contributed by atoms with Gasteiger partial charge >= 0.3 is 8.25 Å². The number of carbonyl (C=O) groups is 3. The lowest BCUT2D eigenvalue weighted by Gasteiger charge is -2.38. The predicted octanol–water partition coefficient (Wildman–Crippen LogP) is 1.89. The van der Waals surface area contributed by atoms with Crippen LogP contribution in [-0.2, 0) is 18.7 Å². The minimum atomic E-state index is -3.25. The Hall–Kier alpha value is -2.36. The molecular weight excluding hydrogens is 473 g/mol. The van der Waals surface area contributed by atoms with Crippen LogP contribution in [-0.4, -0.2) is 61.8 Å². The van der Waals surface area contributed by atoms with E-state index in [1.165, 1.54) is 18.6 Å². The first-order valence-electron chi connectivity index (χ1n) is 11.9. The smallest absolute Gasteiger partial charge is 0.318 e. The lowest BCUT2D eigenvalue weighted by Crippen LogP contribution is -2.60. The van der Waals surface area contributed by atoms with Gasteiger partial charge in [0.05, 0.1) is 6.20 Å². The molecule has 2 aliphatic rings. The van der Waals surface area contributed by atoms with E-state index in [-0.39, 0.29) is 29.0 Å². The van der Waals surface area contributed by atoms with Gasteiger partial charge < -0.3 is 20.4 Å². The highest BCUT2D eigenvalue weighted by Gasteiger charge is 2.69. The normalized spacial score (nSPS) is 25.2. The molecule has 3 N–H and O–H groups in total. The van der Waals surface area contributed by atoms with E-state index in [9.17, 15) is 23.8 Å². The Labute approximate surface area is 206 Å². The van der Waals surface area contributed by atoms with E-state index in [0.29, 0.717) is 19.3 Å². The minimum absolute atomic E-state index is 0.0914. The molecule has 194 valence electrons. The van der Waals surface area contributed by atoms with E-state index in [1.54, 1.807) is 4.90 Å². The van der Waals surface area contributed by atoms with Gasteiger partial charge in [-0.05, 0) is 29.6 Å². The van der Waals surface area contributed by atoms with Crippen molar-refractivity contribution in [3.8, 4) is 0 Å². The van der Waals surface area contributed by atoms with Gasteiger partial charge in [0.25, 0.3) is 5.91 Å². The first-order valence-corrected chi connectivity index (χ1v) is 13.1. The quantitative estimate of drug-likeness (QED) is 0.337. The van der Waals surface area contributed by atoms with Crippen LogP contribution in [0, 0.1) is 16.7 Å². The second-order valence-electron chi connectivity index (χ2n) is 10.9. The molecule has 3 amide bonds. The maximum Gasteiger partial charge on any atom is 0.318 e. The van der Waals surface area contributed by atoms with Crippen molar-refractivity contribution < 1.29 is 28.4 Å². The highest BCUT2D eigenvalue weighted by molar-refractivity contribution is 7.32. The largest absolute Gasteiger partial charge is 0.338 e. The Morgan fingerprint density at radius 2 is 1.97 bits per heavy atom. The topological polar surface area (TPSA) is 151 Å². The Balaban J connectivity index is 1.85. The van der Waals surface area contributed by atoms with E-state index < -0.39 is 43.8 Å². The van der Waals surface area contributed by atoms with Gasteiger partial charge in [0.15, 0.2) is 0 Å². The van der Waals surface area contributed by atoms with Crippen LogP contribution in [0.5, 0.6) is 0 Å². The molecule has 2 unspecified atom stereocenters. The molecule has 0 radical (unpaired) electrons. The standard InChI is InChI=1S/C23H36N5O6P/c1-7-8-16(34-35(32)33)26-20(30)15-11-13-18(23(13,5)6)28(15)21(31)17(22(2,3)4)27-19(29)14-12-24-9-10-25-14/h9-10,12-13,15-18,35H,7-8,11H2,1-6H3,(H,26,30)(H,27,29)(H,32,33)/t13-,15?,16+,17+,18+/m0/s1. The van der Waals surface area contributed by atoms with Crippen molar-refractivity contribution in [3.63, 3.8) is 0 Å². The third-order valence-corrected chi connectivity index (χ3v) is 7.43. The van der Waals surface area contributed by atoms with Gasteiger partial charge in [0.2, 0.25) is 11.8 Å². The van der Waals surface area contributed by atoms with E-state index in [2.05, 4.69) is 34.4 Å². The molecule has 1 aromatic rings. The van der Waals surface area contributed by atoms with Crippen molar-refractivity contribution in [1.82, 2.24) is 25.5 Å². The second kappa shape index (κ2) is 10.3. The molecule has 6 atom stereocenters. The number of likely N-dealkylation sites (tertiary alicyclic amines) is 1. The molecule has 1 aliphatic heterocycles. The van der Waals surface area contributed by atoms with Crippen LogP contribution in [0.15, 0.2) is 18.6 Å². The molecule has 2 fully saturated rings. The highest BCUT2D eigenvalue weighted by atomic mass is 31.1. The van der Waals surface area contributed by atoms with Gasteiger partial charge in [0, 0.05) is 18.4 Å². The third-order valence-electron chi connectivity index (χ3n) is 6.94. The molecular formula is C23H36N5O6P. The summed E-state index contributed by atoms with van der Waals surface area (Å²) in [6.45, 7) is 11.5. The van der Waals surface area contributed by atoms with Crippen LogP contribution in [0.4, 0.5) is 0 Å². The molecule has 1 aliphatic carbocycles. The van der Waals surface area contributed by atoms with Gasteiger partial charge in [-0.3, -0.25) is 28.5 Å². The number of hydrogen-bond acceptors (Lipinski definition) is 7. The average Bonchev–Trinajstić information content (AvgIpc) is 3.10. The monoisotopic (exact) mass is 509 g/mol. The van der Waals surface area contributed by atoms with E-state index >= 15 is 0 Å². The zero-order valence-electron chi connectivity index (χ0n) is 21.1. The molecule has 0 spiro atoms. The van der Waals surface area contributed by atoms with E-state index in [1.807, 2.05) is 27.7 Å². The van der Waals surface area contributed by atoms with Crippen LogP contribution < -0.4 is 10.6 Å². The number of rotatable bonds is 9. The number of carbonyl (C=O) groups excluding carboxylic acids is 3. The van der Waals surface area contributed by atoms with E-state index in [4.69, 9.17) is 4.52 Å². The minimum Gasteiger partial charge on any atom is -0.338 e. The summed E-state index contributed by atoms with van der Waals surface area (Å²) in [6.07, 6.45) is 4.73. The van der Waals surface area contributed by atoms with Gasteiger partial charge in [0.1, 0.15) is 24.0 Å².